The lowest BCUT2D eigenvalue weighted by Crippen LogP contribution is -2.29. The number of amides is 1. The van der Waals surface area contributed by atoms with Crippen molar-refractivity contribution in [2.24, 2.45) is 0 Å². The maximum atomic E-state index is 11.9. The van der Waals surface area contributed by atoms with E-state index in [1.54, 1.807) is 0 Å². The molecule has 0 aliphatic heterocycles. The number of benzene rings is 2. The van der Waals surface area contributed by atoms with E-state index in [1.807, 2.05) is 37.3 Å². The number of rotatable bonds is 6. The Morgan fingerprint density at radius 3 is 2.39 bits per heavy atom. The van der Waals surface area contributed by atoms with Gasteiger partial charge in [0.25, 0.3) is 0 Å². The van der Waals surface area contributed by atoms with Crippen LogP contribution in [-0.2, 0) is 11.2 Å². The third-order valence-electron chi connectivity index (χ3n) is 3.75. The van der Waals surface area contributed by atoms with E-state index >= 15 is 0 Å². The zero-order chi connectivity index (χ0) is 16.8. The first-order valence-electron chi connectivity index (χ1n) is 7.67. The van der Waals surface area contributed by atoms with Crippen LogP contribution >= 0.6 is 15.9 Å². The second-order valence-electron chi connectivity index (χ2n) is 5.70. The van der Waals surface area contributed by atoms with Crippen LogP contribution < -0.4 is 10.1 Å². The normalized spacial score (nSPS) is 10.4. The summed E-state index contributed by atoms with van der Waals surface area (Å²) in [6, 6.07) is 11.9. The molecular formula is C19H22BrNO2. The molecule has 0 bridgehead atoms. The molecule has 23 heavy (non-hydrogen) atoms. The highest BCUT2D eigenvalue weighted by atomic mass is 79.9. The molecule has 3 nitrogen and oxygen atoms in total. The number of aryl methyl sites for hydroxylation is 3. The third-order valence-corrected chi connectivity index (χ3v) is 4.28. The molecule has 4 heteroatoms. The SMILES string of the molecule is Cc1cc(C)c(OCCNC(=O)Cc2ccc(Br)cc2)cc1C. The van der Waals surface area contributed by atoms with E-state index in [0.29, 0.717) is 19.6 Å². The van der Waals surface area contributed by atoms with E-state index in [0.717, 1.165) is 21.3 Å². The van der Waals surface area contributed by atoms with Crippen LogP contribution in [-0.4, -0.2) is 19.1 Å². The lowest BCUT2D eigenvalue weighted by molar-refractivity contribution is -0.120. The van der Waals surface area contributed by atoms with Gasteiger partial charge in [-0.2, -0.15) is 0 Å². The molecule has 122 valence electrons. The molecule has 2 aromatic carbocycles. The predicted molar refractivity (Wildman–Crippen MR) is 97.0 cm³/mol. The Bertz CT molecular complexity index is 681. The Kier molecular flexibility index (Phi) is 6.22. The number of carbonyl (C=O) groups excluding carboxylic acids is 1. The lowest BCUT2D eigenvalue weighted by Gasteiger charge is -2.12. The van der Waals surface area contributed by atoms with Gasteiger partial charge in [0.2, 0.25) is 5.91 Å². The van der Waals surface area contributed by atoms with Crippen molar-refractivity contribution in [3.8, 4) is 5.75 Å². The van der Waals surface area contributed by atoms with Crippen molar-refractivity contribution >= 4 is 21.8 Å². The summed E-state index contributed by atoms with van der Waals surface area (Å²) in [5, 5.41) is 2.89. The van der Waals surface area contributed by atoms with E-state index in [4.69, 9.17) is 4.74 Å². The van der Waals surface area contributed by atoms with Crippen LogP contribution in [0.3, 0.4) is 0 Å². The van der Waals surface area contributed by atoms with E-state index in [2.05, 4.69) is 41.2 Å². The van der Waals surface area contributed by atoms with Crippen molar-refractivity contribution in [3.63, 3.8) is 0 Å². The van der Waals surface area contributed by atoms with E-state index in [1.165, 1.54) is 11.1 Å². The topological polar surface area (TPSA) is 38.3 Å². The monoisotopic (exact) mass is 375 g/mol. The molecular weight excluding hydrogens is 354 g/mol. The van der Waals surface area contributed by atoms with Gasteiger partial charge >= 0.3 is 0 Å². The highest BCUT2D eigenvalue weighted by Crippen LogP contribution is 2.22. The molecule has 0 unspecified atom stereocenters. The number of carbonyl (C=O) groups is 1. The van der Waals surface area contributed by atoms with Crippen LogP contribution in [0.5, 0.6) is 5.75 Å². The van der Waals surface area contributed by atoms with Crippen LogP contribution in [0.15, 0.2) is 40.9 Å². The molecule has 0 fully saturated rings. The molecule has 0 atom stereocenters. The van der Waals surface area contributed by atoms with Crippen molar-refractivity contribution in [2.75, 3.05) is 13.2 Å². The summed E-state index contributed by atoms with van der Waals surface area (Å²) in [4.78, 5) is 11.9. The van der Waals surface area contributed by atoms with Crippen LogP contribution in [0.4, 0.5) is 0 Å². The minimum atomic E-state index is 0.00716. The van der Waals surface area contributed by atoms with Gasteiger partial charge in [-0.1, -0.05) is 34.1 Å². The molecule has 1 amide bonds. The Hall–Kier alpha value is -1.81. The fourth-order valence-electron chi connectivity index (χ4n) is 2.29. The molecule has 0 saturated heterocycles. The smallest absolute Gasteiger partial charge is 0.224 e. The Balaban J connectivity index is 1.76. The predicted octanol–water partition coefficient (Wildman–Crippen LogP) is 4.11. The van der Waals surface area contributed by atoms with Crippen molar-refractivity contribution < 1.29 is 9.53 Å². The van der Waals surface area contributed by atoms with Crippen molar-refractivity contribution in [2.45, 2.75) is 27.2 Å². The first-order chi connectivity index (χ1) is 11.0. The number of hydrogen-bond acceptors (Lipinski definition) is 2. The highest BCUT2D eigenvalue weighted by Gasteiger charge is 2.05. The summed E-state index contributed by atoms with van der Waals surface area (Å²) in [6.45, 7) is 7.17. The molecule has 0 radical (unpaired) electrons. The van der Waals surface area contributed by atoms with Gasteiger partial charge in [0.15, 0.2) is 0 Å². The third kappa shape index (κ3) is 5.39. The fourth-order valence-corrected chi connectivity index (χ4v) is 2.56. The molecule has 1 N–H and O–H groups in total. The standard InChI is InChI=1S/C19H22BrNO2/c1-13-10-15(3)18(11-14(13)2)23-9-8-21-19(22)12-16-4-6-17(20)7-5-16/h4-7,10-11H,8-9,12H2,1-3H3,(H,21,22). The van der Waals surface area contributed by atoms with E-state index in [-0.39, 0.29) is 5.91 Å². The Morgan fingerprint density at radius 1 is 1.04 bits per heavy atom. The maximum absolute atomic E-state index is 11.9. The van der Waals surface area contributed by atoms with Gasteiger partial charge in [-0.3, -0.25) is 4.79 Å². The summed E-state index contributed by atoms with van der Waals surface area (Å²) in [6.07, 6.45) is 0.385. The Labute approximate surface area is 146 Å². The second-order valence-corrected chi connectivity index (χ2v) is 6.62. The van der Waals surface area contributed by atoms with Gasteiger partial charge in [0.05, 0.1) is 13.0 Å². The molecule has 0 saturated carbocycles. The maximum Gasteiger partial charge on any atom is 0.224 e. The summed E-state index contributed by atoms with van der Waals surface area (Å²) in [5.41, 5.74) is 4.59. The Morgan fingerprint density at radius 2 is 1.70 bits per heavy atom. The lowest BCUT2D eigenvalue weighted by atomic mass is 10.1. The van der Waals surface area contributed by atoms with Crippen LogP contribution in [0.25, 0.3) is 0 Å². The summed E-state index contributed by atoms with van der Waals surface area (Å²) >= 11 is 3.38. The van der Waals surface area contributed by atoms with Crippen molar-refractivity contribution in [1.29, 1.82) is 0 Å². The van der Waals surface area contributed by atoms with Gasteiger partial charge in [-0.15, -0.1) is 0 Å². The van der Waals surface area contributed by atoms with Gasteiger partial charge in [0, 0.05) is 4.47 Å². The molecule has 0 heterocycles. The number of nitrogens with one attached hydrogen (secondary N) is 1. The molecule has 0 spiro atoms. The quantitative estimate of drug-likeness (QED) is 0.771. The van der Waals surface area contributed by atoms with Gasteiger partial charge < -0.3 is 10.1 Å². The average Bonchev–Trinajstić information content (AvgIpc) is 2.51. The van der Waals surface area contributed by atoms with Gasteiger partial charge in [-0.05, 0) is 61.2 Å². The van der Waals surface area contributed by atoms with Gasteiger partial charge in [-0.25, -0.2) is 0 Å². The first kappa shape index (κ1) is 17.5. The number of hydrogen-bond donors (Lipinski definition) is 1. The second kappa shape index (κ2) is 8.16. The minimum absolute atomic E-state index is 0.00716. The van der Waals surface area contributed by atoms with E-state index < -0.39 is 0 Å². The fraction of sp³-hybridized carbons (Fsp3) is 0.316. The van der Waals surface area contributed by atoms with E-state index in [9.17, 15) is 4.79 Å². The number of ether oxygens (including phenoxy) is 1. The van der Waals surface area contributed by atoms with Crippen LogP contribution in [0, 0.1) is 20.8 Å². The average molecular weight is 376 g/mol. The summed E-state index contributed by atoms with van der Waals surface area (Å²) < 4.78 is 6.78. The number of halogens is 1. The first-order valence-corrected chi connectivity index (χ1v) is 8.47. The molecule has 0 aliphatic carbocycles. The zero-order valence-electron chi connectivity index (χ0n) is 13.8. The molecule has 0 aliphatic rings. The van der Waals surface area contributed by atoms with Crippen LogP contribution in [0.2, 0.25) is 0 Å². The van der Waals surface area contributed by atoms with Crippen LogP contribution in [0.1, 0.15) is 22.3 Å². The highest BCUT2D eigenvalue weighted by molar-refractivity contribution is 9.10. The molecule has 2 aromatic rings. The van der Waals surface area contributed by atoms with Crippen molar-refractivity contribution in [3.05, 3.63) is 63.1 Å². The molecule has 2 rings (SSSR count). The van der Waals surface area contributed by atoms with Gasteiger partial charge in [0.1, 0.15) is 12.4 Å². The zero-order valence-corrected chi connectivity index (χ0v) is 15.4. The largest absolute Gasteiger partial charge is 0.491 e. The van der Waals surface area contributed by atoms with Crippen molar-refractivity contribution in [1.82, 2.24) is 5.32 Å². The minimum Gasteiger partial charge on any atom is -0.491 e. The molecule has 0 aromatic heterocycles. The summed E-state index contributed by atoms with van der Waals surface area (Å²) in [7, 11) is 0. The summed E-state index contributed by atoms with van der Waals surface area (Å²) in [5.74, 6) is 0.892.